The normalized spacial score (nSPS) is 17.3. The molecule has 0 aromatic carbocycles. The average molecular weight is 432 g/mol. The van der Waals surface area contributed by atoms with Crippen molar-refractivity contribution in [2.24, 2.45) is 7.05 Å². The van der Waals surface area contributed by atoms with E-state index in [9.17, 15) is 4.79 Å². The first-order chi connectivity index (χ1) is 13.1. The molecular formula is C17H18BrN7O2. The number of hydrogen-bond donors (Lipinski definition) is 0. The molecule has 1 aliphatic rings. The zero-order chi connectivity index (χ0) is 18.8. The Morgan fingerprint density at radius 2 is 2.07 bits per heavy atom. The standard InChI is InChI=1S/C17H18BrN7O2/c1-23-9-12(6-21-23)15-2-3-16(26)25(22-15)11-14-10-24(4-5-27-14)17-19-7-13(18)8-20-17/h2-3,6-9,14H,4-5,10-11H2,1H3/t14-/m0/s1. The first kappa shape index (κ1) is 17.8. The van der Waals surface area contributed by atoms with Crippen molar-refractivity contribution in [1.82, 2.24) is 29.5 Å². The number of halogens is 1. The van der Waals surface area contributed by atoms with Crippen LogP contribution in [0.3, 0.4) is 0 Å². The minimum Gasteiger partial charge on any atom is -0.373 e. The molecule has 0 radical (unpaired) electrons. The van der Waals surface area contributed by atoms with E-state index in [0.29, 0.717) is 37.9 Å². The van der Waals surface area contributed by atoms with Gasteiger partial charge in [0.15, 0.2) is 0 Å². The van der Waals surface area contributed by atoms with Crippen molar-refractivity contribution in [3.8, 4) is 11.3 Å². The number of hydrogen-bond acceptors (Lipinski definition) is 7. The summed E-state index contributed by atoms with van der Waals surface area (Å²) in [6.45, 7) is 2.20. The van der Waals surface area contributed by atoms with Gasteiger partial charge in [0.1, 0.15) is 0 Å². The Kier molecular flexibility index (Phi) is 4.99. The lowest BCUT2D eigenvalue weighted by Gasteiger charge is -2.32. The molecule has 0 spiro atoms. The van der Waals surface area contributed by atoms with Gasteiger partial charge in [0.2, 0.25) is 5.95 Å². The van der Waals surface area contributed by atoms with E-state index in [0.717, 1.165) is 10.0 Å². The van der Waals surface area contributed by atoms with E-state index in [4.69, 9.17) is 4.74 Å². The molecule has 1 fully saturated rings. The van der Waals surface area contributed by atoms with Crippen molar-refractivity contribution < 1.29 is 4.74 Å². The monoisotopic (exact) mass is 431 g/mol. The van der Waals surface area contributed by atoms with Gasteiger partial charge in [-0.05, 0) is 22.0 Å². The van der Waals surface area contributed by atoms with E-state index in [1.807, 2.05) is 13.2 Å². The molecule has 0 bridgehead atoms. The minimum absolute atomic E-state index is 0.164. The van der Waals surface area contributed by atoms with Gasteiger partial charge in [0.25, 0.3) is 5.56 Å². The van der Waals surface area contributed by atoms with E-state index in [1.54, 1.807) is 29.3 Å². The van der Waals surface area contributed by atoms with Crippen LogP contribution in [0.5, 0.6) is 0 Å². The van der Waals surface area contributed by atoms with E-state index in [1.165, 1.54) is 10.7 Å². The van der Waals surface area contributed by atoms with E-state index < -0.39 is 0 Å². The molecule has 27 heavy (non-hydrogen) atoms. The second-order valence-electron chi connectivity index (χ2n) is 6.28. The first-order valence-electron chi connectivity index (χ1n) is 8.50. The molecule has 1 aliphatic heterocycles. The summed E-state index contributed by atoms with van der Waals surface area (Å²) < 4.78 is 9.82. The zero-order valence-electron chi connectivity index (χ0n) is 14.7. The maximum atomic E-state index is 12.3. The van der Waals surface area contributed by atoms with E-state index in [2.05, 4.69) is 41.0 Å². The van der Waals surface area contributed by atoms with Crippen LogP contribution >= 0.6 is 15.9 Å². The molecule has 4 rings (SSSR count). The van der Waals surface area contributed by atoms with Gasteiger partial charge in [-0.3, -0.25) is 9.48 Å². The van der Waals surface area contributed by atoms with Gasteiger partial charge in [-0.25, -0.2) is 14.6 Å². The Morgan fingerprint density at radius 1 is 1.26 bits per heavy atom. The Hall–Kier alpha value is -2.59. The van der Waals surface area contributed by atoms with Crippen LogP contribution < -0.4 is 10.5 Å². The summed E-state index contributed by atoms with van der Waals surface area (Å²) in [5, 5.41) is 8.63. The molecule has 4 heterocycles. The Morgan fingerprint density at radius 3 is 2.81 bits per heavy atom. The maximum Gasteiger partial charge on any atom is 0.266 e. The highest BCUT2D eigenvalue weighted by molar-refractivity contribution is 9.10. The highest BCUT2D eigenvalue weighted by Crippen LogP contribution is 2.16. The highest BCUT2D eigenvalue weighted by Gasteiger charge is 2.23. The van der Waals surface area contributed by atoms with Crippen molar-refractivity contribution >= 4 is 21.9 Å². The lowest BCUT2D eigenvalue weighted by Crippen LogP contribution is -2.46. The fourth-order valence-corrected chi connectivity index (χ4v) is 3.17. The van der Waals surface area contributed by atoms with E-state index in [-0.39, 0.29) is 11.7 Å². The number of rotatable bonds is 4. The molecule has 1 saturated heterocycles. The molecule has 3 aromatic rings. The molecule has 0 unspecified atom stereocenters. The largest absolute Gasteiger partial charge is 0.373 e. The number of aromatic nitrogens is 6. The van der Waals surface area contributed by atoms with Crippen LogP contribution in [-0.2, 0) is 18.3 Å². The van der Waals surface area contributed by atoms with Gasteiger partial charge < -0.3 is 9.64 Å². The van der Waals surface area contributed by atoms with Crippen molar-refractivity contribution in [2.75, 3.05) is 24.6 Å². The summed E-state index contributed by atoms with van der Waals surface area (Å²) in [6.07, 6.45) is 6.84. The molecule has 1 atom stereocenters. The SMILES string of the molecule is Cn1cc(-c2ccc(=O)n(C[C@@H]3CN(c4ncc(Br)cn4)CCO3)n2)cn1. The Balaban J connectivity index is 1.51. The van der Waals surface area contributed by atoms with Crippen LogP contribution in [-0.4, -0.2) is 55.3 Å². The number of anilines is 1. The fourth-order valence-electron chi connectivity index (χ4n) is 2.96. The highest BCUT2D eigenvalue weighted by atomic mass is 79.9. The minimum atomic E-state index is -0.180. The van der Waals surface area contributed by atoms with Crippen LogP contribution in [0.2, 0.25) is 0 Å². The Labute approximate surface area is 163 Å². The summed E-state index contributed by atoms with van der Waals surface area (Å²) in [5.41, 5.74) is 1.40. The predicted octanol–water partition coefficient (Wildman–Crippen LogP) is 1.10. The van der Waals surface area contributed by atoms with Gasteiger partial charge in [0, 0.05) is 50.4 Å². The fraction of sp³-hybridized carbons (Fsp3) is 0.353. The summed E-state index contributed by atoms with van der Waals surface area (Å²) in [6, 6.07) is 3.23. The van der Waals surface area contributed by atoms with Crippen molar-refractivity contribution in [1.29, 1.82) is 0 Å². The smallest absolute Gasteiger partial charge is 0.266 e. The lowest BCUT2D eigenvalue weighted by molar-refractivity contribution is 0.0260. The summed E-state index contributed by atoms with van der Waals surface area (Å²) in [4.78, 5) is 23.0. The van der Waals surface area contributed by atoms with Gasteiger partial charge in [-0.1, -0.05) is 0 Å². The number of morpholine rings is 1. The molecular weight excluding hydrogens is 414 g/mol. The second-order valence-corrected chi connectivity index (χ2v) is 7.20. The van der Waals surface area contributed by atoms with Gasteiger partial charge in [-0.2, -0.15) is 10.2 Å². The number of aryl methyl sites for hydroxylation is 1. The zero-order valence-corrected chi connectivity index (χ0v) is 16.3. The molecule has 140 valence electrons. The second kappa shape index (κ2) is 7.57. The molecule has 9 nitrogen and oxygen atoms in total. The quantitative estimate of drug-likeness (QED) is 0.610. The third-order valence-electron chi connectivity index (χ3n) is 4.27. The number of nitrogens with zero attached hydrogens (tertiary/aromatic N) is 7. The van der Waals surface area contributed by atoms with Crippen molar-refractivity contribution in [2.45, 2.75) is 12.6 Å². The molecule has 10 heteroatoms. The van der Waals surface area contributed by atoms with Gasteiger partial charge >= 0.3 is 0 Å². The van der Waals surface area contributed by atoms with Crippen LogP contribution in [0.15, 0.2) is 46.2 Å². The topological polar surface area (TPSA) is 91.0 Å². The van der Waals surface area contributed by atoms with Crippen molar-refractivity contribution in [3.63, 3.8) is 0 Å². The Bertz CT molecular complexity index is 985. The summed E-state index contributed by atoms with van der Waals surface area (Å²) in [5.74, 6) is 0.649. The van der Waals surface area contributed by atoms with E-state index >= 15 is 0 Å². The predicted molar refractivity (Wildman–Crippen MR) is 102 cm³/mol. The summed E-state index contributed by atoms with van der Waals surface area (Å²) in [7, 11) is 1.84. The molecule has 0 aliphatic carbocycles. The molecule has 0 amide bonds. The van der Waals surface area contributed by atoms with Gasteiger partial charge in [0.05, 0.1) is 35.6 Å². The maximum absolute atomic E-state index is 12.3. The third kappa shape index (κ3) is 4.06. The average Bonchev–Trinajstić information content (AvgIpc) is 3.11. The van der Waals surface area contributed by atoms with Crippen molar-refractivity contribution in [3.05, 3.63) is 51.7 Å². The number of ether oxygens (including phenoxy) is 1. The van der Waals surface area contributed by atoms with Gasteiger partial charge in [-0.15, -0.1) is 0 Å². The summed E-state index contributed by atoms with van der Waals surface area (Å²) >= 11 is 3.34. The molecule has 0 saturated carbocycles. The van der Waals surface area contributed by atoms with Crippen LogP contribution in [0.1, 0.15) is 0 Å². The van der Waals surface area contributed by atoms with Crippen LogP contribution in [0.4, 0.5) is 5.95 Å². The third-order valence-corrected chi connectivity index (χ3v) is 4.68. The van der Waals surface area contributed by atoms with Crippen LogP contribution in [0.25, 0.3) is 11.3 Å². The van der Waals surface area contributed by atoms with Crippen LogP contribution in [0, 0.1) is 0 Å². The molecule has 3 aromatic heterocycles. The molecule has 0 N–H and O–H groups in total. The lowest BCUT2D eigenvalue weighted by atomic mass is 10.2. The first-order valence-corrected chi connectivity index (χ1v) is 9.29.